The van der Waals surface area contributed by atoms with Crippen LogP contribution in [0.3, 0.4) is 0 Å². The first kappa shape index (κ1) is 17.0. The summed E-state index contributed by atoms with van der Waals surface area (Å²) in [5.41, 5.74) is 2.93. The number of hydrogen-bond donors (Lipinski definition) is 0. The van der Waals surface area contributed by atoms with E-state index >= 15 is 0 Å². The van der Waals surface area contributed by atoms with Gasteiger partial charge in [0.2, 0.25) is 0 Å². The number of rotatable bonds is 4. The lowest BCUT2D eigenvalue weighted by atomic mass is 10.1. The van der Waals surface area contributed by atoms with Crippen molar-refractivity contribution in [1.29, 1.82) is 0 Å². The van der Waals surface area contributed by atoms with Crippen molar-refractivity contribution in [2.45, 2.75) is 11.8 Å². The summed E-state index contributed by atoms with van der Waals surface area (Å²) in [7, 11) is 0. The Kier molecular flexibility index (Phi) is 8.36. The molecule has 0 aliphatic heterocycles. The first-order valence-electron chi connectivity index (χ1n) is 6.05. The van der Waals surface area contributed by atoms with Crippen LogP contribution in [-0.2, 0) is 11.8 Å². The molecule has 0 bridgehead atoms. The van der Waals surface area contributed by atoms with Crippen LogP contribution in [0.2, 0.25) is 0 Å². The average molecular weight is 330 g/mol. The van der Waals surface area contributed by atoms with Crippen LogP contribution in [0.1, 0.15) is 21.5 Å². The average Bonchev–Trinajstić information content (AvgIpc) is 2.55. The smallest absolute Gasteiger partial charge is 0.177 e. The van der Waals surface area contributed by atoms with E-state index in [1.807, 2.05) is 42.5 Å². The molecule has 4 heteroatoms. The maximum absolute atomic E-state index is 10.9. The summed E-state index contributed by atoms with van der Waals surface area (Å²) in [5.74, 6) is 1.12. The zero-order chi connectivity index (χ0) is 14.8. The fourth-order valence-corrected chi connectivity index (χ4v) is 2.20. The first-order valence-corrected chi connectivity index (χ1v) is 7.66. The van der Waals surface area contributed by atoms with Crippen LogP contribution < -0.4 is 0 Å². The number of alkyl halides is 3. The normalized spacial score (nSPS) is 9.55. The van der Waals surface area contributed by atoms with Crippen molar-refractivity contribution in [1.82, 2.24) is 0 Å². The highest BCUT2D eigenvalue weighted by Crippen LogP contribution is 2.12. The second-order valence-electron chi connectivity index (χ2n) is 3.96. The molecule has 0 amide bonds. The van der Waals surface area contributed by atoms with Gasteiger partial charge in [-0.2, -0.15) is 0 Å². The Morgan fingerprint density at radius 2 is 1.20 bits per heavy atom. The highest BCUT2D eigenvalue weighted by atomic mass is 35.5. The van der Waals surface area contributed by atoms with Crippen molar-refractivity contribution in [3.8, 4) is 0 Å². The summed E-state index contributed by atoms with van der Waals surface area (Å²) >= 11 is 16.6. The molecule has 0 radical (unpaired) electrons. The van der Waals surface area contributed by atoms with E-state index < -0.39 is 0 Å². The third-order valence-electron chi connectivity index (χ3n) is 2.62. The van der Waals surface area contributed by atoms with Gasteiger partial charge in [0.05, 0.1) is 5.88 Å². The molecule has 0 N–H and O–H groups in total. The largest absolute Gasteiger partial charge is 0.293 e. The molecule has 106 valence electrons. The number of carbonyl (C=O) groups is 1. The van der Waals surface area contributed by atoms with E-state index in [-0.39, 0.29) is 11.7 Å². The lowest BCUT2D eigenvalue weighted by Crippen LogP contribution is -1.98. The molecule has 0 aliphatic carbocycles. The zero-order valence-electron chi connectivity index (χ0n) is 10.9. The SMILES string of the molecule is ClCc1ccccc1CCl.O=C(CCl)c1ccccc1. The standard InChI is InChI=1S/C8H8Cl2.C8H7ClO/c9-5-7-3-1-2-4-8(7)6-10;9-6-8(10)7-4-2-1-3-5-7/h1-4H,5-6H2;1-5H,6H2. The van der Waals surface area contributed by atoms with Crippen LogP contribution >= 0.6 is 34.8 Å². The number of Topliss-reactive ketones (excluding diaryl/α,β-unsaturated/α-hetero) is 1. The Morgan fingerprint density at radius 3 is 1.60 bits per heavy atom. The highest BCUT2D eigenvalue weighted by Gasteiger charge is 2.00. The third kappa shape index (κ3) is 5.54. The van der Waals surface area contributed by atoms with Gasteiger partial charge in [-0.05, 0) is 11.1 Å². The van der Waals surface area contributed by atoms with Gasteiger partial charge in [0, 0.05) is 17.3 Å². The molecule has 20 heavy (non-hydrogen) atoms. The topological polar surface area (TPSA) is 17.1 Å². The monoisotopic (exact) mass is 328 g/mol. The Labute approximate surface area is 134 Å². The van der Waals surface area contributed by atoms with E-state index in [0.29, 0.717) is 17.3 Å². The molecule has 0 unspecified atom stereocenters. The molecule has 1 nitrogen and oxygen atoms in total. The number of halogens is 3. The fraction of sp³-hybridized carbons (Fsp3) is 0.188. The maximum atomic E-state index is 10.9. The van der Waals surface area contributed by atoms with Crippen molar-refractivity contribution < 1.29 is 4.79 Å². The van der Waals surface area contributed by atoms with Crippen molar-refractivity contribution in [3.05, 3.63) is 71.3 Å². The van der Waals surface area contributed by atoms with Gasteiger partial charge in [-0.1, -0.05) is 54.6 Å². The van der Waals surface area contributed by atoms with Gasteiger partial charge in [0.25, 0.3) is 0 Å². The van der Waals surface area contributed by atoms with Gasteiger partial charge in [-0.3, -0.25) is 4.79 Å². The second kappa shape index (κ2) is 9.82. The molecule has 0 saturated carbocycles. The number of carbonyl (C=O) groups excluding carboxylic acids is 1. The summed E-state index contributed by atoms with van der Waals surface area (Å²) in [6.45, 7) is 0. The summed E-state index contributed by atoms with van der Waals surface area (Å²) in [5, 5.41) is 0. The molecule has 0 fully saturated rings. The van der Waals surface area contributed by atoms with Crippen molar-refractivity contribution >= 4 is 40.6 Å². The van der Waals surface area contributed by atoms with E-state index in [1.54, 1.807) is 12.1 Å². The lowest BCUT2D eigenvalue weighted by Gasteiger charge is -2.00. The van der Waals surface area contributed by atoms with E-state index in [4.69, 9.17) is 34.8 Å². The van der Waals surface area contributed by atoms with Gasteiger partial charge in [0.15, 0.2) is 5.78 Å². The molecule has 0 aliphatic rings. The minimum Gasteiger partial charge on any atom is -0.293 e. The third-order valence-corrected chi connectivity index (χ3v) is 3.44. The molecule has 0 atom stereocenters. The first-order chi connectivity index (χ1) is 9.72. The molecule has 0 spiro atoms. The van der Waals surface area contributed by atoms with Crippen LogP contribution in [-0.4, -0.2) is 11.7 Å². The van der Waals surface area contributed by atoms with E-state index in [9.17, 15) is 4.79 Å². The Balaban J connectivity index is 0.000000200. The number of benzene rings is 2. The van der Waals surface area contributed by atoms with E-state index in [2.05, 4.69) is 0 Å². The minimum absolute atomic E-state index is 0.0257. The van der Waals surface area contributed by atoms with Crippen LogP contribution in [0.15, 0.2) is 54.6 Å². The Morgan fingerprint density at radius 1 is 0.750 bits per heavy atom. The molecular formula is C16H15Cl3O. The second-order valence-corrected chi connectivity index (χ2v) is 4.76. The molecule has 2 aromatic rings. The van der Waals surface area contributed by atoms with Gasteiger partial charge < -0.3 is 0 Å². The molecule has 0 saturated heterocycles. The van der Waals surface area contributed by atoms with Crippen molar-refractivity contribution in [3.63, 3.8) is 0 Å². The maximum Gasteiger partial charge on any atom is 0.177 e. The summed E-state index contributed by atoms with van der Waals surface area (Å²) in [6, 6.07) is 16.9. The molecule has 2 rings (SSSR count). The van der Waals surface area contributed by atoms with Gasteiger partial charge in [-0.25, -0.2) is 0 Å². The zero-order valence-corrected chi connectivity index (χ0v) is 13.1. The van der Waals surface area contributed by atoms with E-state index in [0.717, 1.165) is 11.1 Å². The van der Waals surface area contributed by atoms with Gasteiger partial charge in [-0.15, -0.1) is 34.8 Å². The summed E-state index contributed by atoms with van der Waals surface area (Å²) < 4.78 is 0. The fourth-order valence-electron chi connectivity index (χ4n) is 1.52. The Hall–Kier alpha value is -1.02. The van der Waals surface area contributed by atoms with Crippen molar-refractivity contribution in [2.24, 2.45) is 0 Å². The molecule has 0 aromatic heterocycles. The van der Waals surface area contributed by atoms with Gasteiger partial charge in [0.1, 0.15) is 0 Å². The van der Waals surface area contributed by atoms with E-state index in [1.165, 1.54) is 0 Å². The van der Waals surface area contributed by atoms with Crippen LogP contribution in [0.5, 0.6) is 0 Å². The van der Waals surface area contributed by atoms with Crippen LogP contribution in [0.25, 0.3) is 0 Å². The lowest BCUT2D eigenvalue weighted by molar-refractivity contribution is 0.102. The molecular weight excluding hydrogens is 315 g/mol. The number of hydrogen-bond acceptors (Lipinski definition) is 1. The summed E-state index contributed by atoms with van der Waals surface area (Å²) in [6.07, 6.45) is 0. The van der Waals surface area contributed by atoms with Crippen LogP contribution in [0.4, 0.5) is 0 Å². The highest BCUT2D eigenvalue weighted by molar-refractivity contribution is 6.30. The summed E-state index contributed by atoms with van der Waals surface area (Å²) in [4.78, 5) is 10.9. The molecule has 2 aromatic carbocycles. The number of ketones is 1. The molecule has 0 heterocycles. The van der Waals surface area contributed by atoms with Crippen LogP contribution in [0, 0.1) is 0 Å². The predicted octanol–water partition coefficient (Wildman–Crippen LogP) is 5.27. The van der Waals surface area contributed by atoms with Gasteiger partial charge >= 0.3 is 0 Å². The predicted molar refractivity (Wildman–Crippen MR) is 87.0 cm³/mol. The quantitative estimate of drug-likeness (QED) is 0.551. The Bertz CT molecular complexity index is 503. The van der Waals surface area contributed by atoms with Crippen molar-refractivity contribution in [2.75, 3.05) is 5.88 Å². The minimum atomic E-state index is -0.0257.